The molecule has 1 atom stereocenters. The van der Waals surface area contributed by atoms with Crippen LogP contribution >= 0.6 is 0 Å². The van der Waals surface area contributed by atoms with Crippen molar-refractivity contribution in [3.8, 4) is 0 Å². The number of para-hydroxylation sites is 1. The molecule has 0 aliphatic carbocycles. The largest absolute Gasteiger partial charge is 0.381 e. The molecule has 2 aromatic rings. The van der Waals surface area contributed by atoms with Crippen molar-refractivity contribution in [1.29, 1.82) is 0 Å². The summed E-state index contributed by atoms with van der Waals surface area (Å²) in [5.74, 6) is 1.35. The van der Waals surface area contributed by atoms with Crippen LogP contribution in [0.4, 0.5) is 0 Å². The van der Waals surface area contributed by atoms with E-state index < -0.39 is 0 Å². The Labute approximate surface area is 135 Å². The Morgan fingerprint density at radius 2 is 2.09 bits per heavy atom. The summed E-state index contributed by atoms with van der Waals surface area (Å²) in [4.78, 5) is 18.6. The lowest BCUT2D eigenvalue weighted by atomic mass is 9.85. The van der Waals surface area contributed by atoms with E-state index in [4.69, 9.17) is 4.74 Å². The molecule has 0 saturated carbocycles. The first-order valence-electron chi connectivity index (χ1n) is 8.20. The molecule has 2 saturated heterocycles. The van der Waals surface area contributed by atoms with Crippen LogP contribution in [0.15, 0.2) is 42.6 Å². The zero-order valence-electron chi connectivity index (χ0n) is 13.0. The zero-order valence-corrected chi connectivity index (χ0v) is 13.0. The Balaban J connectivity index is 1.41. The highest BCUT2D eigenvalue weighted by Crippen LogP contribution is 2.30. The summed E-state index contributed by atoms with van der Waals surface area (Å²) in [7, 11) is 0. The van der Waals surface area contributed by atoms with E-state index in [0.29, 0.717) is 11.8 Å². The van der Waals surface area contributed by atoms with Gasteiger partial charge in [0.2, 0.25) is 5.91 Å². The minimum atomic E-state index is 0.0908. The van der Waals surface area contributed by atoms with E-state index >= 15 is 0 Å². The number of likely N-dealkylation sites (tertiary alicyclic amines) is 1. The molecule has 3 heterocycles. The van der Waals surface area contributed by atoms with Crippen molar-refractivity contribution < 1.29 is 9.53 Å². The second kappa shape index (κ2) is 6.13. The minimum Gasteiger partial charge on any atom is -0.381 e. The van der Waals surface area contributed by atoms with Crippen LogP contribution in [0.2, 0.25) is 0 Å². The normalized spacial score (nSPS) is 21.9. The van der Waals surface area contributed by atoms with Gasteiger partial charge in [0.15, 0.2) is 0 Å². The molecule has 2 aliphatic rings. The number of amides is 1. The predicted octanol–water partition coefficient (Wildman–Crippen LogP) is 2.74. The number of carbonyl (C=O) groups excluding carboxylic acids is 1. The molecule has 1 aromatic heterocycles. The van der Waals surface area contributed by atoms with Gasteiger partial charge in [-0.1, -0.05) is 24.3 Å². The van der Waals surface area contributed by atoms with Crippen molar-refractivity contribution in [2.45, 2.75) is 6.42 Å². The SMILES string of the molecule is O=C(/C=C/c1cccc2cccnc12)N1CC(C2CCOC2)C1. The molecule has 0 N–H and O–H groups in total. The van der Waals surface area contributed by atoms with Crippen molar-refractivity contribution in [3.05, 3.63) is 48.2 Å². The summed E-state index contributed by atoms with van der Waals surface area (Å²) >= 11 is 0. The summed E-state index contributed by atoms with van der Waals surface area (Å²) in [5.41, 5.74) is 1.92. The van der Waals surface area contributed by atoms with Crippen molar-refractivity contribution >= 4 is 22.9 Å². The van der Waals surface area contributed by atoms with Crippen LogP contribution in [0.5, 0.6) is 0 Å². The van der Waals surface area contributed by atoms with Crippen LogP contribution in [0.25, 0.3) is 17.0 Å². The van der Waals surface area contributed by atoms with Gasteiger partial charge < -0.3 is 9.64 Å². The molecule has 23 heavy (non-hydrogen) atoms. The molecule has 0 spiro atoms. The maximum atomic E-state index is 12.3. The third-order valence-electron chi connectivity index (χ3n) is 4.92. The average molecular weight is 308 g/mol. The van der Waals surface area contributed by atoms with Crippen LogP contribution < -0.4 is 0 Å². The monoisotopic (exact) mass is 308 g/mol. The van der Waals surface area contributed by atoms with Gasteiger partial charge in [0.1, 0.15) is 0 Å². The molecule has 4 rings (SSSR count). The first-order chi connectivity index (χ1) is 11.3. The minimum absolute atomic E-state index is 0.0908. The lowest BCUT2D eigenvalue weighted by Crippen LogP contribution is -2.52. The number of ether oxygens (including phenoxy) is 1. The van der Waals surface area contributed by atoms with Crippen LogP contribution in [0, 0.1) is 11.8 Å². The number of hydrogen-bond donors (Lipinski definition) is 0. The average Bonchev–Trinajstić information content (AvgIpc) is 3.05. The number of hydrogen-bond acceptors (Lipinski definition) is 3. The van der Waals surface area contributed by atoms with E-state index in [2.05, 4.69) is 4.98 Å². The van der Waals surface area contributed by atoms with Crippen LogP contribution in [-0.4, -0.2) is 42.1 Å². The number of nitrogens with zero attached hydrogens (tertiary/aromatic N) is 2. The first kappa shape index (κ1) is 14.4. The fraction of sp³-hybridized carbons (Fsp3) is 0.368. The van der Waals surface area contributed by atoms with E-state index in [-0.39, 0.29) is 5.91 Å². The van der Waals surface area contributed by atoms with E-state index in [1.54, 1.807) is 12.3 Å². The Morgan fingerprint density at radius 3 is 2.91 bits per heavy atom. The van der Waals surface area contributed by atoms with Gasteiger partial charge in [0.05, 0.1) is 5.52 Å². The maximum Gasteiger partial charge on any atom is 0.246 e. The van der Waals surface area contributed by atoms with Gasteiger partial charge in [-0.25, -0.2) is 0 Å². The van der Waals surface area contributed by atoms with Crippen molar-refractivity contribution in [1.82, 2.24) is 9.88 Å². The summed E-state index contributed by atoms with van der Waals surface area (Å²) in [6, 6.07) is 9.98. The fourth-order valence-electron chi connectivity index (χ4n) is 3.44. The van der Waals surface area contributed by atoms with Gasteiger partial charge in [-0.2, -0.15) is 0 Å². The zero-order chi connectivity index (χ0) is 15.6. The molecule has 1 aromatic carbocycles. The Hall–Kier alpha value is -2.20. The Kier molecular flexibility index (Phi) is 3.83. The summed E-state index contributed by atoms with van der Waals surface area (Å²) in [6.45, 7) is 3.48. The molecule has 2 aliphatic heterocycles. The quantitative estimate of drug-likeness (QED) is 0.819. The number of benzene rings is 1. The fourth-order valence-corrected chi connectivity index (χ4v) is 3.44. The molecule has 2 fully saturated rings. The van der Waals surface area contributed by atoms with E-state index in [1.807, 2.05) is 41.3 Å². The molecular formula is C19H20N2O2. The molecule has 0 bridgehead atoms. The van der Waals surface area contributed by atoms with E-state index in [0.717, 1.165) is 49.2 Å². The van der Waals surface area contributed by atoms with Crippen molar-refractivity contribution in [3.63, 3.8) is 0 Å². The Morgan fingerprint density at radius 1 is 1.22 bits per heavy atom. The molecule has 118 valence electrons. The molecule has 1 amide bonds. The lowest BCUT2D eigenvalue weighted by molar-refractivity contribution is -0.133. The number of pyridine rings is 1. The van der Waals surface area contributed by atoms with Gasteiger partial charge in [-0.15, -0.1) is 0 Å². The highest BCUT2D eigenvalue weighted by Gasteiger charge is 2.36. The van der Waals surface area contributed by atoms with Crippen LogP contribution in [0.1, 0.15) is 12.0 Å². The highest BCUT2D eigenvalue weighted by atomic mass is 16.5. The standard InChI is InChI=1S/C19H20N2O2/c22-18(21-11-17(12-21)16-8-10-23-13-16)7-6-15-4-1-3-14-5-2-9-20-19(14)15/h1-7,9,16-17H,8,10-13H2/b7-6+. The topological polar surface area (TPSA) is 42.4 Å². The highest BCUT2D eigenvalue weighted by molar-refractivity contribution is 5.95. The van der Waals surface area contributed by atoms with Gasteiger partial charge in [0, 0.05) is 49.5 Å². The molecule has 1 unspecified atom stereocenters. The summed E-state index contributed by atoms with van der Waals surface area (Å²) in [5, 5.41) is 1.09. The maximum absolute atomic E-state index is 12.3. The molecular weight excluding hydrogens is 288 g/mol. The second-order valence-electron chi connectivity index (χ2n) is 6.38. The van der Waals surface area contributed by atoms with Crippen molar-refractivity contribution in [2.75, 3.05) is 26.3 Å². The van der Waals surface area contributed by atoms with E-state index in [9.17, 15) is 4.79 Å². The van der Waals surface area contributed by atoms with Crippen molar-refractivity contribution in [2.24, 2.45) is 11.8 Å². The van der Waals surface area contributed by atoms with Gasteiger partial charge >= 0.3 is 0 Å². The van der Waals surface area contributed by atoms with Gasteiger partial charge in [0.25, 0.3) is 0 Å². The molecule has 0 radical (unpaired) electrons. The third-order valence-corrected chi connectivity index (χ3v) is 4.92. The predicted molar refractivity (Wildman–Crippen MR) is 89.8 cm³/mol. The summed E-state index contributed by atoms with van der Waals surface area (Å²) in [6.07, 6.45) is 6.48. The molecule has 4 nitrogen and oxygen atoms in total. The number of fused-ring (bicyclic) bond motifs is 1. The number of carbonyl (C=O) groups is 1. The number of rotatable bonds is 3. The Bertz CT molecular complexity index is 739. The molecule has 4 heteroatoms. The van der Waals surface area contributed by atoms with Crippen LogP contribution in [0.3, 0.4) is 0 Å². The van der Waals surface area contributed by atoms with Gasteiger partial charge in [-0.3, -0.25) is 9.78 Å². The third kappa shape index (κ3) is 2.86. The van der Waals surface area contributed by atoms with Crippen LogP contribution in [-0.2, 0) is 9.53 Å². The second-order valence-corrected chi connectivity index (χ2v) is 6.38. The lowest BCUT2D eigenvalue weighted by Gasteiger charge is -2.41. The number of aromatic nitrogens is 1. The smallest absolute Gasteiger partial charge is 0.246 e. The first-order valence-corrected chi connectivity index (χ1v) is 8.20. The van der Waals surface area contributed by atoms with E-state index in [1.165, 1.54) is 0 Å². The van der Waals surface area contributed by atoms with Gasteiger partial charge in [-0.05, 0) is 30.4 Å². The summed E-state index contributed by atoms with van der Waals surface area (Å²) < 4.78 is 5.43.